The molecular formula is C20H22FNO5S. The Balaban J connectivity index is 1.87. The zero-order valence-corrected chi connectivity index (χ0v) is 16.5. The number of halogens is 1. The molecule has 0 bridgehead atoms. The molecule has 0 radical (unpaired) electrons. The van der Waals surface area contributed by atoms with Gasteiger partial charge in [0.1, 0.15) is 17.3 Å². The van der Waals surface area contributed by atoms with Crippen LogP contribution in [0.3, 0.4) is 0 Å². The summed E-state index contributed by atoms with van der Waals surface area (Å²) in [6.07, 6.45) is 0.135. The van der Waals surface area contributed by atoms with Crippen molar-refractivity contribution < 1.29 is 27.1 Å². The second kappa shape index (κ2) is 8.18. The standard InChI is InChI=1S/C20H22FNO5S/c1-26-15-11-14(12-16(13-15)27-2)20(23)22-8-7-19(28(24,25)10-9-22)17-5-3-4-6-18(17)21/h3-6,11-13,19H,7-10H2,1-2H3. The maximum absolute atomic E-state index is 14.2. The van der Waals surface area contributed by atoms with Gasteiger partial charge < -0.3 is 14.4 Å². The molecule has 0 aliphatic carbocycles. The summed E-state index contributed by atoms with van der Waals surface area (Å²) in [6, 6.07) is 10.7. The van der Waals surface area contributed by atoms with E-state index in [1.165, 1.54) is 37.3 Å². The summed E-state index contributed by atoms with van der Waals surface area (Å²) in [5, 5.41) is -0.966. The lowest BCUT2D eigenvalue weighted by Gasteiger charge is -2.21. The van der Waals surface area contributed by atoms with Crippen LogP contribution in [0.25, 0.3) is 0 Å². The summed E-state index contributed by atoms with van der Waals surface area (Å²) >= 11 is 0. The molecule has 28 heavy (non-hydrogen) atoms. The van der Waals surface area contributed by atoms with E-state index >= 15 is 0 Å². The lowest BCUT2D eigenvalue weighted by atomic mass is 10.1. The third-order valence-corrected chi connectivity index (χ3v) is 6.99. The fourth-order valence-corrected chi connectivity index (χ4v) is 5.15. The van der Waals surface area contributed by atoms with Crippen molar-refractivity contribution in [2.24, 2.45) is 0 Å². The Bertz CT molecular complexity index is 954. The van der Waals surface area contributed by atoms with Gasteiger partial charge in [0.25, 0.3) is 5.91 Å². The van der Waals surface area contributed by atoms with Gasteiger partial charge in [-0.1, -0.05) is 18.2 Å². The largest absolute Gasteiger partial charge is 0.497 e. The van der Waals surface area contributed by atoms with Gasteiger partial charge in [0.15, 0.2) is 9.84 Å². The average molecular weight is 407 g/mol. The highest BCUT2D eigenvalue weighted by atomic mass is 32.2. The van der Waals surface area contributed by atoms with E-state index in [4.69, 9.17) is 9.47 Å². The van der Waals surface area contributed by atoms with Crippen LogP contribution in [0.4, 0.5) is 4.39 Å². The molecule has 3 rings (SSSR count). The summed E-state index contributed by atoms with van der Waals surface area (Å²) in [6.45, 7) is 0.252. The number of carbonyl (C=O) groups is 1. The summed E-state index contributed by atoms with van der Waals surface area (Å²) in [5.74, 6) is -0.155. The summed E-state index contributed by atoms with van der Waals surface area (Å²) in [7, 11) is -0.620. The van der Waals surface area contributed by atoms with Crippen molar-refractivity contribution in [3.63, 3.8) is 0 Å². The number of rotatable bonds is 4. The average Bonchev–Trinajstić information content (AvgIpc) is 2.85. The first-order chi connectivity index (χ1) is 13.4. The van der Waals surface area contributed by atoms with Crippen LogP contribution < -0.4 is 9.47 Å². The third-order valence-electron chi connectivity index (χ3n) is 4.88. The maximum atomic E-state index is 14.2. The normalized spacial score (nSPS) is 19.0. The molecule has 0 spiro atoms. The van der Waals surface area contributed by atoms with Crippen LogP contribution >= 0.6 is 0 Å². The van der Waals surface area contributed by atoms with Crippen LogP contribution in [0.15, 0.2) is 42.5 Å². The lowest BCUT2D eigenvalue weighted by Crippen LogP contribution is -2.33. The number of methoxy groups -OCH3 is 2. The van der Waals surface area contributed by atoms with Gasteiger partial charge in [-0.3, -0.25) is 4.79 Å². The van der Waals surface area contributed by atoms with Crippen LogP contribution in [-0.4, -0.2) is 52.3 Å². The van der Waals surface area contributed by atoms with Gasteiger partial charge in [-0.15, -0.1) is 0 Å². The number of hydrogen-bond donors (Lipinski definition) is 0. The molecule has 2 aromatic carbocycles. The van der Waals surface area contributed by atoms with Gasteiger partial charge in [0.05, 0.1) is 25.2 Å². The molecule has 0 saturated carbocycles. The zero-order valence-electron chi connectivity index (χ0n) is 15.7. The van der Waals surface area contributed by atoms with Crippen molar-refractivity contribution in [3.8, 4) is 11.5 Å². The molecule has 2 aromatic rings. The molecular weight excluding hydrogens is 385 g/mol. The molecule has 0 N–H and O–H groups in total. The van der Waals surface area contributed by atoms with Crippen LogP contribution in [0.1, 0.15) is 27.6 Å². The molecule has 1 aliphatic rings. The van der Waals surface area contributed by atoms with E-state index < -0.39 is 20.9 Å². The third kappa shape index (κ3) is 4.11. The van der Waals surface area contributed by atoms with Crippen LogP contribution in [-0.2, 0) is 9.84 Å². The summed E-state index contributed by atoms with van der Waals surface area (Å²) in [5.41, 5.74) is 0.498. The van der Waals surface area contributed by atoms with Crippen LogP contribution in [0, 0.1) is 5.82 Å². The first-order valence-corrected chi connectivity index (χ1v) is 10.6. The van der Waals surface area contributed by atoms with Crippen molar-refractivity contribution in [1.29, 1.82) is 0 Å². The molecule has 1 saturated heterocycles. The van der Waals surface area contributed by atoms with Gasteiger partial charge in [0.2, 0.25) is 0 Å². The summed E-state index contributed by atoms with van der Waals surface area (Å²) < 4.78 is 50.0. The van der Waals surface area contributed by atoms with Gasteiger partial charge >= 0.3 is 0 Å². The van der Waals surface area contributed by atoms with Gasteiger partial charge in [-0.05, 0) is 24.6 Å². The van der Waals surface area contributed by atoms with Crippen molar-refractivity contribution in [2.75, 3.05) is 33.1 Å². The predicted octanol–water partition coefficient (Wildman–Crippen LogP) is 2.84. The van der Waals surface area contributed by atoms with E-state index in [1.807, 2.05) is 0 Å². The van der Waals surface area contributed by atoms with E-state index in [1.54, 1.807) is 24.3 Å². The Morgan fingerprint density at radius 2 is 1.71 bits per heavy atom. The second-order valence-electron chi connectivity index (χ2n) is 6.56. The lowest BCUT2D eigenvalue weighted by molar-refractivity contribution is 0.0765. The Morgan fingerprint density at radius 3 is 2.32 bits per heavy atom. The second-order valence-corrected chi connectivity index (χ2v) is 8.86. The monoisotopic (exact) mass is 407 g/mol. The fraction of sp³-hybridized carbons (Fsp3) is 0.350. The number of carbonyl (C=O) groups excluding carboxylic acids is 1. The van der Waals surface area contributed by atoms with Crippen molar-refractivity contribution in [3.05, 3.63) is 59.4 Å². The first kappa shape index (κ1) is 20.1. The van der Waals surface area contributed by atoms with Crippen molar-refractivity contribution >= 4 is 15.7 Å². The molecule has 1 atom stereocenters. The minimum atomic E-state index is -3.59. The highest BCUT2D eigenvalue weighted by molar-refractivity contribution is 7.91. The molecule has 1 fully saturated rings. The Morgan fingerprint density at radius 1 is 1.07 bits per heavy atom. The molecule has 1 heterocycles. The number of benzene rings is 2. The maximum Gasteiger partial charge on any atom is 0.254 e. The Kier molecular flexibility index (Phi) is 5.88. The van der Waals surface area contributed by atoms with Gasteiger partial charge in [0, 0.05) is 30.3 Å². The summed E-state index contributed by atoms with van der Waals surface area (Å²) in [4.78, 5) is 14.4. The van der Waals surface area contributed by atoms with E-state index in [0.717, 1.165) is 0 Å². The number of nitrogens with zero attached hydrogens (tertiary/aromatic N) is 1. The number of hydrogen-bond acceptors (Lipinski definition) is 5. The highest BCUT2D eigenvalue weighted by Crippen LogP contribution is 2.32. The Hall–Kier alpha value is -2.61. The zero-order chi connectivity index (χ0) is 20.3. The number of sulfone groups is 1. The smallest absolute Gasteiger partial charge is 0.254 e. The first-order valence-electron chi connectivity index (χ1n) is 8.84. The topological polar surface area (TPSA) is 72.9 Å². The van der Waals surface area contributed by atoms with Gasteiger partial charge in [-0.2, -0.15) is 0 Å². The molecule has 150 valence electrons. The van der Waals surface area contributed by atoms with Crippen LogP contribution in [0.5, 0.6) is 11.5 Å². The van der Waals surface area contributed by atoms with Crippen molar-refractivity contribution in [1.82, 2.24) is 4.90 Å². The molecule has 0 aromatic heterocycles. The quantitative estimate of drug-likeness (QED) is 0.779. The minimum absolute atomic E-state index is 0.0473. The van der Waals surface area contributed by atoms with Crippen molar-refractivity contribution in [2.45, 2.75) is 11.7 Å². The number of ether oxygens (including phenoxy) is 2. The predicted molar refractivity (Wildman–Crippen MR) is 103 cm³/mol. The fourth-order valence-electron chi connectivity index (χ4n) is 3.35. The SMILES string of the molecule is COc1cc(OC)cc(C(=O)N2CCC(c3ccccc3F)S(=O)(=O)CC2)c1. The van der Waals surface area contributed by atoms with E-state index in [0.29, 0.717) is 17.1 Å². The van der Waals surface area contributed by atoms with Crippen LogP contribution in [0.2, 0.25) is 0 Å². The Labute approximate surface area is 163 Å². The minimum Gasteiger partial charge on any atom is -0.497 e. The van der Waals surface area contributed by atoms with E-state index in [2.05, 4.69) is 0 Å². The molecule has 1 unspecified atom stereocenters. The highest BCUT2D eigenvalue weighted by Gasteiger charge is 2.34. The molecule has 6 nitrogen and oxygen atoms in total. The molecule has 8 heteroatoms. The van der Waals surface area contributed by atoms with Gasteiger partial charge in [-0.25, -0.2) is 12.8 Å². The number of amides is 1. The molecule has 1 amide bonds. The van der Waals surface area contributed by atoms with E-state index in [-0.39, 0.29) is 36.7 Å². The molecule has 1 aliphatic heterocycles. The van der Waals surface area contributed by atoms with E-state index in [9.17, 15) is 17.6 Å².